The van der Waals surface area contributed by atoms with Crippen molar-refractivity contribution in [1.82, 2.24) is 9.80 Å². The quantitative estimate of drug-likeness (QED) is 0.865. The number of nitrogens with zero attached hydrogens (tertiary/aromatic N) is 2. The second-order valence-corrected chi connectivity index (χ2v) is 5.74. The summed E-state index contributed by atoms with van der Waals surface area (Å²) < 4.78 is 0. The van der Waals surface area contributed by atoms with Gasteiger partial charge in [-0.2, -0.15) is 0 Å². The van der Waals surface area contributed by atoms with Crippen molar-refractivity contribution in [3.63, 3.8) is 0 Å². The zero-order valence-electron chi connectivity index (χ0n) is 11.0. The molecule has 3 rings (SSSR count). The van der Waals surface area contributed by atoms with Crippen LogP contribution < -0.4 is 0 Å². The Bertz CT molecular complexity index is 421. The molecule has 2 fully saturated rings. The predicted octanol–water partition coefficient (Wildman–Crippen LogP) is 2.06. The summed E-state index contributed by atoms with van der Waals surface area (Å²) in [6, 6.07) is 9.03. The molecule has 0 radical (unpaired) electrons. The molecular formula is C15H22N2O. The van der Waals surface area contributed by atoms with Gasteiger partial charge in [-0.15, -0.1) is 0 Å². The van der Waals surface area contributed by atoms with Crippen LogP contribution in [0.5, 0.6) is 5.75 Å². The molecule has 2 saturated heterocycles. The third-order valence-corrected chi connectivity index (χ3v) is 4.36. The molecule has 0 bridgehead atoms. The molecule has 3 nitrogen and oxygen atoms in total. The summed E-state index contributed by atoms with van der Waals surface area (Å²) >= 11 is 0. The van der Waals surface area contributed by atoms with Crippen molar-refractivity contribution in [3.8, 4) is 5.75 Å². The number of rotatable bonds is 2. The van der Waals surface area contributed by atoms with Gasteiger partial charge < -0.3 is 5.11 Å². The number of fused-ring (bicyclic) bond motifs is 1. The van der Waals surface area contributed by atoms with Gasteiger partial charge in [-0.25, -0.2) is 0 Å². The molecule has 2 atom stereocenters. The van der Waals surface area contributed by atoms with E-state index in [1.54, 1.807) is 6.07 Å². The Balaban J connectivity index is 1.68. The van der Waals surface area contributed by atoms with Crippen LogP contribution in [0.1, 0.15) is 25.3 Å². The van der Waals surface area contributed by atoms with Crippen molar-refractivity contribution < 1.29 is 5.11 Å². The smallest absolute Gasteiger partial charge is 0.115 e. The first-order chi connectivity index (χ1) is 8.72. The third kappa shape index (κ3) is 2.38. The normalized spacial score (nSPS) is 29.4. The van der Waals surface area contributed by atoms with Gasteiger partial charge >= 0.3 is 0 Å². The Morgan fingerprint density at radius 3 is 3.06 bits per heavy atom. The summed E-state index contributed by atoms with van der Waals surface area (Å²) in [5.41, 5.74) is 1.22. The van der Waals surface area contributed by atoms with E-state index in [1.807, 2.05) is 12.1 Å². The predicted molar refractivity (Wildman–Crippen MR) is 72.6 cm³/mol. The van der Waals surface area contributed by atoms with Crippen LogP contribution >= 0.6 is 0 Å². The lowest BCUT2D eigenvalue weighted by atomic mass is 10.1. The van der Waals surface area contributed by atoms with Gasteiger partial charge in [0.1, 0.15) is 5.75 Å². The van der Waals surface area contributed by atoms with E-state index in [1.165, 1.54) is 38.0 Å². The molecule has 0 aliphatic carbocycles. The lowest BCUT2D eigenvalue weighted by Crippen LogP contribution is -2.54. The van der Waals surface area contributed by atoms with E-state index in [4.69, 9.17) is 0 Å². The van der Waals surface area contributed by atoms with Gasteiger partial charge in [0, 0.05) is 31.7 Å². The fourth-order valence-electron chi connectivity index (χ4n) is 3.36. The summed E-state index contributed by atoms with van der Waals surface area (Å²) in [7, 11) is 0. The number of hydrogen-bond acceptors (Lipinski definition) is 3. The average molecular weight is 246 g/mol. The van der Waals surface area contributed by atoms with E-state index in [9.17, 15) is 5.11 Å². The van der Waals surface area contributed by atoms with Gasteiger partial charge in [0.2, 0.25) is 0 Å². The Morgan fingerprint density at radius 2 is 2.22 bits per heavy atom. The molecule has 98 valence electrons. The Kier molecular flexibility index (Phi) is 3.27. The van der Waals surface area contributed by atoms with Crippen molar-refractivity contribution >= 4 is 0 Å². The van der Waals surface area contributed by atoms with Gasteiger partial charge in [0.15, 0.2) is 0 Å². The molecule has 2 unspecified atom stereocenters. The van der Waals surface area contributed by atoms with Crippen LogP contribution in [0.15, 0.2) is 24.3 Å². The number of benzene rings is 1. The van der Waals surface area contributed by atoms with Crippen molar-refractivity contribution in [2.24, 2.45) is 0 Å². The van der Waals surface area contributed by atoms with Crippen LogP contribution in [-0.4, -0.2) is 46.6 Å². The molecule has 1 aromatic rings. The van der Waals surface area contributed by atoms with Gasteiger partial charge in [0.05, 0.1) is 0 Å². The Labute approximate surface area is 109 Å². The third-order valence-electron chi connectivity index (χ3n) is 4.36. The first-order valence-electron chi connectivity index (χ1n) is 6.98. The van der Waals surface area contributed by atoms with E-state index >= 15 is 0 Å². The zero-order chi connectivity index (χ0) is 12.5. The highest BCUT2D eigenvalue weighted by atomic mass is 16.3. The van der Waals surface area contributed by atoms with Gasteiger partial charge in [0.25, 0.3) is 0 Å². The highest BCUT2D eigenvalue weighted by Crippen LogP contribution is 2.26. The zero-order valence-corrected chi connectivity index (χ0v) is 11.0. The summed E-state index contributed by atoms with van der Waals surface area (Å²) in [6.45, 7) is 6.94. The number of piperazine rings is 1. The van der Waals surface area contributed by atoms with Gasteiger partial charge in [-0.3, -0.25) is 9.80 Å². The summed E-state index contributed by atoms with van der Waals surface area (Å²) in [6.07, 6.45) is 2.71. The molecule has 1 aromatic carbocycles. The lowest BCUT2D eigenvalue weighted by molar-refractivity contribution is 0.0540. The maximum absolute atomic E-state index is 9.53. The minimum atomic E-state index is 0.375. The molecule has 0 saturated carbocycles. The molecule has 0 aromatic heterocycles. The highest BCUT2D eigenvalue weighted by Gasteiger charge is 2.34. The van der Waals surface area contributed by atoms with Crippen LogP contribution in [0.3, 0.4) is 0 Å². The van der Waals surface area contributed by atoms with Crippen LogP contribution in [-0.2, 0) is 6.54 Å². The van der Waals surface area contributed by atoms with E-state index in [-0.39, 0.29) is 0 Å². The Morgan fingerprint density at radius 1 is 1.33 bits per heavy atom. The van der Waals surface area contributed by atoms with Crippen molar-refractivity contribution in [3.05, 3.63) is 29.8 Å². The summed E-state index contributed by atoms with van der Waals surface area (Å²) in [5, 5.41) is 9.53. The highest BCUT2D eigenvalue weighted by molar-refractivity contribution is 5.27. The van der Waals surface area contributed by atoms with Crippen molar-refractivity contribution in [1.29, 1.82) is 0 Å². The molecule has 2 aliphatic heterocycles. The van der Waals surface area contributed by atoms with Crippen molar-refractivity contribution in [2.75, 3.05) is 19.6 Å². The van der Waals surface area contributed by atoms with Crippen LogP contribution in [0.2, 0.25) is 0 Å². The Hall–Kier alpha value is -1.06. The van der Waals surface area contributed by atoms with Crippen molar-refractivity contribution in [2.45, 2.75) is 38.4 Å². The molecule has 2 aliphatic rings. The average Bonchev–Trinajstić information content (AvgIpc) is 2.76. The summed E-state index contributed by atoms with van der Waals surface area (Å²) in [4.78, 5) is 5.20. The monoisotopic (exact) mass is 246 g/mol. The van der Waals surface area contributed by atoms with Crippen LogP contribution in [0, 0.1) is 0 Å². The van der Waals surface area contributed by atoms with Crippen LogP contribution in [0.25, 0.3) is 0 Å². The molecule has 0 amide bonds. The minimum Gasteiger partial charge on any atom is -0.508 e. The van der Waals surface area contributed by atoms with E-state index in [0.29, 0.717) is 11.8 Å². The molecule has 1 N–H and O–H groups in total. The molecular weight excluding hydrogens is 224 g/mol. The van der Waals surface area contributed by atoms with E-state index in [2.05, 4.69) is 22.8 Å². The molecule has 3 heteroatoms. The minimum absolute atomic E-state index is 0.375. The first kappa shape index (κ1) is 12.0. The van der Waals surface area contributed by atoms with E-state index in [0.717, 1.165) is 12.6 Å². The topological polar surface area (TPSA) is 26.7 Å². The fourth-order valence-corrected chi connectivity index (χ4v) is 3.36. The fraction of sp³-hybridized carbons (Fsp3) is 0.600. The standard InChI is InChI=1S/C15H22N2O/c1-12-9-16-7-3-5-14(16)11-17(12)10-13-4-2-6-15(18)8-13/h2,4,6,8,12,14,18H,3,5,7,9-11H2,1H3. The lowest BCUT2D eigenvalue weighted by Gasteiger charge is -2.42. The molecule has 18 heavy (non-hydrogen) atoms. The van der Waals surface area contributed by atoms with Crippen LogP contribution in [0.4, 0.5) is 0 Å². The number of hydrogen-bond donors (Lipinski definition) is 1. The molecule has 0 spiro atoms. The van der Waals surface area contributed by atoms with E-state index < -0.39 is 0 Å². The molecule has 2 heterocycles. The maximum atomic E-state index is 9.53. The SMILES string of the molecule is CC1CN2CCCC2CN1Cc1cccc(O)c1. The summed E-state index contributed by atoms with van der Waals surface area (Å²) in [5.74, 6) is 0.375. The van der Waals surface area contributed by atoms with Gasteiger partial charge in [-0.05, 0) is 44.0 Å². The number of phenolic OH excluding ortho intramolecular Hbond substituents is 1. The second-order valence-electron chi connectivity index (χ2n) is 5.74. The largest absolute Gasteiger partial charge is 0.508 e. The first-order valence-corrected chi connectivity index (χ1v) is 6.98. The second kappa shape index (κ2) is 4.90. The van der Waals surface area contributed by atoms with Gasteiger partial charge in [-0.1, -0.05) is 12.1 Å². The number of aromatic hydroxyl groups is 1. The number of phenols is 1. The maximum Gasteiger partial charge on any atom is 0.115 e.